The number of H-pyrrole nitrogens is 1. The van der Waals surface area contributed by atoms with Crippen LogP contribution < -0.4 is 16.3 Å². The molecule has 0 aliphatic heterocycles. The molecule has 1 aromatic heterocycles. The zero-order valence-corrected chi connectivity index (χ0v) is 19.4. The number of carbonyl (C=O) groups is 2. The van der Waals surface area contributed by atoms with E-state index in [0.717, 1.165) is 12.0 Å². The molecular formula is C27H25N5O3. The molecule has 35 heavy (non-hydrogen) atoms. The number of nitrogens with one attached hydrogen (secondary N) is 3. The number of aryl methyl sites for hydroxylation is 1. The van der Waals surface area contributed by atoms with Gasteiger partial charge in [-0.25, -0.2) is 10.5 Å². The summed E-state index contributed by atoms with van der Waals surface area (Å²) in [6.07, 6.45) is 0.927. The van der Waals surface area contributed by atoms with Gasteiger partial charge in [0.05, 0.1) is 11.1 Å². The Morgan fingerprint density at radius 1 is 0.914 bits per heavy atom. The van der Waals surface area contributed by atoms with E-state index in [2.05, 4.69) is 33.0 Å². The second-order valence-corrected chi connectivity index (χ2v) is 7.98. The number of amides is 2. The fourth-order valence-electron chi connectivity index (χ4n) is 3.67. The SMILES string of the molecule is CCc1ccc(/C(C)=N/NC(=O)C(NC(=O)c2ccccc2)c2n[nH]c(=O)c3ccccc23)cc1. The Morgan fingerprint density at radius 2 is 1.57 bits per heavy atom. The van der Waals surface area contributed by atoms with Gasteiger partial charge in [0, 0.05) is 10.9 Å². The number of rotatable bonds is 7. The van der Waals surface area contributed by atoms with Crippen LogP contribution in [-0.4, -0.2) is 27.7 Å². The summed E-state index contributed by atoms with van der Waals surface area (Å²) < 4.78 is 0. The smallest absolute Gasteiger partial charge is 0.272 e. The molecule has 0 saturated carbocycles. The highest BCUT2D eigenvalue weighted by molar-refractivity contribution is 6.01. The second-order valence-electron chi connectivity index (χ2n) is 7.98. The van der Waals surface area contributed by atoms with E-state index in [1.165, 1.54) is 5.56 Å². The van der Waals surface area contributed by atoms with Gasteiger partial charge in [0.2, 0.25) is 0 Å². The minimum absolute atomic E-state index is 0.210. The largest absolute Gasteiger partial charge is 0.335 e. The molecule has 176 valence electrons. The minimum atomic E-state index is -1.21. The van der Waals surface area contributed by atoms with E-state index in [9.17, 15) is 14.4 Å². The van der Waals surface area contributed by atoms with Crippen molar-refractivity contribution in [2.75, 3.05) is 0 Å². The zero-order chi connectivity index (χ0) is 24.8. The Labute approximate surface area is 202 Å². The Balaban J connectivity index is 1.67. The predicted octanol–water partition coefficient (Wildman–Crippen LogP) is 3.50. The molecule has 1 heterocycles. The Kier molecular flexibility index (Phi) is 7.11. The average Bonchev–Trinajstić information content (AvgIpc) is 2.91. The normalized spacial score (nSPS) is 12.2. The highest BCUT2D eigenvalue weighted by Gasteiger charge is 2.27. The predicted molar refractivity (Wildman–Crippen MR) is 135 cm³/mol. The standard InChI is InChI=1S/C27H25N5O3/c1-3-18-13-15-19(16-14-18)17(2)29-32-27(35)24(28-25(33)20-9-5-4-6-10-20)23-21-11-7-8-12-22(21)26(34)31-30-23/h4-16,24H,3H2,1-2H3,(H,28,33)(H,31,34)(H,32,35)/b29-17+. The first kappa shape index (κ1) is 23.6. The lowest BCUT2D eigenvalue weighted by Gasteiger charge is -2.18. The van der Waals surface area contributed by atoms with Crippen LogP contribution in [0.1, 0.15) is 47.1 Å². The summed E-state index contributed by atoms with van der Waals surface area (Å²) >= 11 is 0. The third-order valence-electron chi connectivity index (χ3n) is 5.69. The van der Waals surface area contributed by atoms with Crippen LogP contribution in [-0.2, 0) is 11.2 Å². The Morgan fingerprint density at radius 3 is 2.26 bits per heavy atom. The summed E-state index contributed by atoms with van der Waals surface area (Å²) in [5.41, 5.74) is 5.42. The quantitative estimate of drug-likeness (QED) is 0.285. The first-order valence-corrected chi connectivity index (χ1v) is 11.2. The van der Waals surface area contributed by atoms with E-state index >= 15 is 0 Å². The fourth-order valence-corrected chi connectivity index (χ4v) is 3.67. The molecule has 0 spiro atoms. The maximum absolute atomic E-state index is 13.3. The van der Waals surface area contributed by atoms with Crippen molar-refractivity contribution in [2.24, 2.45) is 5.10 Å². The van der Waals surface area contributed by atoms with Crippen molar-refractivity contribution in [2.45, 2.75) is 26.3 Å². The van der Waals surface area contributed by atoms with Gasteiger partial charge >= 0.3 is 0 Å². The first-order chi connectivity index (χ1) is 17.0. The number of hydrogen-bond acceptors (Lipinski definition) is 5. The van der Waals surface area contributed by atoms with Gasteiger partial charge in [-0.1, -0.05) is 67.6 Å². The van der Waals surface area contributed by atoms with Gasteiger partial charge in [-0.05, 0) is 42.7 Å². The van der Waals surface area contributed by atoms with E-state index in [0.29, 0.717) is 22.0 Å². The molecule has 4 rings (SSSR count). The molecule has 0 fully saturated rings. The van der Waals surface area contributed by atoms with Crippen LogP contribution in [0, 0.1) is 0 Å². The number of aromatic nitrogens is 2. The summed E-state index contributed by atoms with van der Waals surface area (Å²) in [4.78, 5) is 38.5. The topological polar surface area (TPSA) is 116 Å². The summed E-state index contributed by atoms with van der Waals surface area (Å²) in [7, 11) is 0. The second kappa shape index (κ2) is 10.6. The average molecular weight is 468 g/mol. The molecule has 4 aromatic rings. The molecule has 0 saturated heterocycles. The molecule has 1 unspecified atom stereocenters. The summed E-state index contributed by atoms with van der Waals surface area (Å²) in [6, 6.07) is 22.0. The highest BCUT2D eigenvalue weighted by atomic mass is 16.2. The fraction of sp³-hybridized carbons (Fsp3) is 0.148. The van der Waals surface area contributed by atoms with Gasteiger partial charge in [0.1, 0.15) is 5.69 Å². The molecule has 0 bridgehead atoms. The van der Waals surface area contributed by atoms with E-state index in [4.69, 9.17) is 0 Å². The van der Waals surface area contributed by atoms with E-state index in [1.807, 2.05) is 24.3 Å². The molecule has 0 aliphatic rings. The van der Waals surface area contributed by atoms with Crippen LogP contribution in [0.4, 0.5) is 0 Å². The van der Waals surface area contributed by atoms with Crippen molar-refractivity contribution >= 4 is 28.3 Å². The number of benzene rings is 3. The third-order valence-corrected chi connectivity index (χ3v) is 5.69. The van der Waals surface area contributed by atoms with Crippen LogP contribution in [0.3, 0.4) is 0 Å². The monoisotopic (exact) mass is 467 g/mol. The van der Waals surface area contributed by atoms with E-state index < -0.39 is 17.9 Å². The molecule has 0 radical (unpaired) electrons. The molecule has 8 heteroatoms. The molecule has 1 atom stereocenters. The van der Waals surface area contributed by atoms with Crippen molar-refractivity contribution in [1.82, 2.24) is 20.9 Å². The van der Waals surface area contributed by atoms with Gasteiger partial charge in [-0.3, -0.25) is 14.4 Å². The number of hydrogen-bond donors (Lipinski definition) is 3. The minimum Gasteiger partial charge on any atom is -0.335 e. The van der Waals surface area contributed by atoms with Gasteiger partial charge < -0.3 is 5.32 Å². The number of hydrazone groups is 1. The van der Waals surface area contributed by atoms with Crippen LogP contribution in [0.15, 0.2) is 88.8 Å². The van der Waals surface area contributed by atoms with Crippen molar-refractivity contribution in [3.8, 4) is 0 Å². The number of carbonyl (C=O) groups excluding carboxylic acids is 2. The summed E-state index contributed by atoms with van der Waals surface area (Å²) in [5, 5.41) is 14.3. The Bertz CT molecular complexity index is 1440. The van der Waals surface area contributed by atoms with Crippen molar-refractivity contribution < 1.29 is 9.59 Å². The molecular weight excluding hydrogens is 442 g/mol. The number of nitrogens with zero attached hydrogens (tertiary/aromatic N) is 2. The lowest BCUT2D eigenvalue weighted by Crippen LogP contribution is -2.40. The lowest BCUT2D eigenvalue weighted by atomic mass is 10.0. The highest BCUT2D eigenvalue weighted by Crippen LogP contribution is 2.20. The van der Waals surface area contributed by atoms with Crippen molar-refractivity contribution in [1.29, 1.82) is 0 Å². The Hall–Kier alpha value is -4.59. The summed E-state index contributed by atoms with van der Waals surface area (Å²) in [5.74, 6) is -1.05. The molecule has 3 aromatic carbocycles. The van der Waals surface area contributed by atoms with Crippen molar-refractivity contribution in [3.05, 3.63) is 112 Å². The van der Waals surface area contributed by atoms with Crippen molar-refractivity contribution in [3.63, 3.8) is 0 Å². The van der Waals surface area contributed by atoms with Gasteiger partial charge in [0.25, 0.3) is 17.4 Å². The number of fused-ring (bicyclic) bond motifs is 1. The van der Waals surface area contributed by atoms with E-state index in [-0.39, 0.29) is 11.3 Å². The van der Waals surface area contributed by atoms with Gasteiger partial charge in [-0.2, -0.15) is 10.2 Å². The molecule has 0 aliphatic carbocycles. The zero-order valence-electron chi connectivity index (χ0n) is 19.4. The van der Waals surface area contributed by atoms with E-state index in [1.54, 1.807) is 61.5 Å². The first-order valence-electron chi connectivity index (χ1n) is 11.2. The van der Waals surface area contributed by atoms with Gasteiger partial charge in [-0.15, -0.1) is 0 Å². The maximum Gasteiger partial charge on any atom is 0.272 e. The maximum atomic E-state index is 13.3. The third kappa shape index (κ3) is 5.33. The lowest BCUT2D eigenvalue weighted by molar-refractivity contribution is -0.123. The summed E-state index contributed by atoms with van der Waals surface area (Å²) in [6.45, 7) is 3.86. The molecule has 2 amide bonds. The van der Waals surface area contributed by atoms with Gasteiger partial charge in [0.15, 0.2) is 6.04 Å². The number of aromatic amines is 1. The molecule has 3 N–H and O–H groups in total. The van der Waals surface area contributed by atoms with Crippen LogP contribution >= 0.6 is 0 Å². The molecule has 8 nitrogen and oxygen atoms in total. The van der Waals surface area contributed by atoms with Crippen LogP contribution in [0.5, 0.6) is 0 Å². The van der Waals surface area contributed by atoms with Crippen LogP contribution in [0.25, 0.3) is 10.8 Å². The van der Waals surface area contributed by atoms with Crippen LogP contribution in [0.2, 0.25) is 0 Å².